The summed E-state index contributed by atoms with van der Waals surface area (Å²) in [5, 5.41) is 9.23. The lowest BCUT2D eigenvalue weighted by molar-refractivity contribution is -0.121. The van der Waals surface area contributed by atoms with Crippen molar-refractivity contribution in [2.45, 2.75) is 20.0 Å². The smallest absolute Gasteiger partial charge is 0.234 e. The van der Waals surface area contributed by atoms with Crippen LogP contribution in [0.2, 0.25) is 0 Å². The predicted molar refractivity (Wildman–Crippen MR) is 59.1 cm³/mol. The van der Waals surface area contributed by atoms with Crippen molar-refractivity contribution in [3.63, 3.8) is 0 Å². The summed E-state index contributed by atoms with van der Waals surface area (Å²) in [6, 6.07) is 5.47. The van der Waals surface area contributed by atoms with Crippen molar-refractivity contribution in [3.05, 3.63) is 29.3 Å². The van der Waals surface area contributed by atoms with E-state index in [-0.39, 0.29) is 31.3 Å². The molecule has 2 rings (SSSR count). The van der Waals surface area contributed by atoms with Crippen molar-refractivity contribution >= 4 is 17.4 Å². The Morgan fingerprint density at radius 2 is 2.12 bits per heavy atom. The molecule has 0 aromatic heterocycles. The fraction of sp³-hybridized carbons (Fsp3) is 0.333. The van der Waals surface area contributed by atoms with Crippen LogP contribution in [-0.2, 0) is 16.2 Å². The minimum Gasteiger partial charge on any atom is -0.392 e. The van der Waals surface area contributed by atoms with E-state index in [9.17, 15) is 14.7 Å². The number of hydrogen-bond acceptors (Lipinski definition) is 3. The zero-order chi connectivity index (χ0) is 11.7. The topological polar surface area (TPSA) is 57.6 Å². The summed E-state index contributed by atoms with van der Waals surface area (Å²) in [5.74, 6) is -0.266. The molecule has 1 heterocycles. The molecule has 0 atom stereocenters. The molecule has 1 aromatic rings. The lowest BCUT2D eigenvalue weighted by Gasteiger charge is -2.18. The number of benzene rings is 1. The number of carbonyl (C=O) groups excluding carboxylic acids is 2. The van der Waals surface area contributed by atoms with Crippen molar-refractivity contribution in [1.29, 1.82) is 0 Å². The lowest BCUT2D eigenvalue weighted by atomic mass is 10.1. The van der Waals surface area contributed by atoms with Crippen LogP contribution in [0.1, 0.15) is 17.5 Å². The van der Waals surface area contributed by atoms with E-state index in [1.165, 1.54) is 4.90 Å². The Kier molecular flexibility index (Phi) is 2.75. The van der Waals surface area contributed by atoms with E-state index in [0.717, 1.165) is 5.56 Å². The zero-order valence-corrected chi connectivity index (χ0v) is 9.06. The third kappa shape index (κ3) is 1.84. The van der Waals surface area contributed by atoms with Gasteiger partial charge in [-0.15, -0.1) is 0 Å². The minimum atomic E-state index is -0.191. The highest BCUT2D eigenvalue weighted by atomic mass is 16.3. The van der Waals surface area contributed by atoms with Crippen molar-refractivity contribution in [3.8, 4) is 0 Å². The molecule has 4 nitrogen and oxygen atoms in total. The second kappa shape index (κ2) is 4.06. The maximum absolute atomic E-state index is 11.6. The largest absolute Gasteiger partial charge is 0.392 e. The summed E-state index contributed by atoms with van der Waals surface area (Å²) in [4.78, 5) is 24.2. The first-order valence-corrected chi connectivity index (χ1v) is 5.14. The van der Waals surface area contributed by atoms with Crippen LogP contribution in [-0.4, -0.2) is 23.3 Å². The van der Waals surface area contributed by atoms with Crippen LogP contribution in [0.5, 0.6) is 0 Å². The Morgan fingerprint density at radius 3 is 2.69 bits per heavy atom. The van der Waals surface area contributed by atoms with Gasteiger partial charge in [-0.3, -0.25) is 9.59 Å². The van der Waals surface area contributed by atoms with Gasteiger partial charge in [-0.25, -0.2) is 0 Å². The molecule has 84 valence electrons. The average Bonchev–Trinajstić information content (AvgIpc) is 2.57. The van der Waals surface area contributed by atoms with Crippen molar-refractivity contribution in [2.75, 3.05) is 11.4 Å². The quantitative estimate of drug-likeness (QED) is 0.748. The number of nitrogens with zero attached hydrogens (tertiary/aromatic N) is 1. The molecule has 0 unspecified atom stereocenters. The summed E-state index contributed by atoms with van der Waals surface area (Å²) in [7, 11) is 0. The Labute approximate surface area is 93.5 Å². The molecule has 4 heteroatoms. The van der Waals surface area contributed by atoms with E-state index >= 15 is 0 Å². The van der Waals surface area contributed by atoms with Crippen LogP contribution in [0, 0.1) is 6.92 Å². The maximum Gasteiger partial charge on any atom is 0.234 e. The maximum atomic E-state index is 11.6. The van der Waals surface area contributed by atoms with E-state index in [1.54, 1.807) is 6.07 Å². The zero-order valence-electron chi connectivity index (χ0n) is 9.06. The number of aryl methyl sites for hydroxylation is 1. The molecule has 1 aromatic carbocycles. The van der Waals surface area contributed by atoms with Gasteiger partial charge in [0, 0.05) is 11.3 Å². The van der Waals surface area contributed by atoms with Crippen LogP contribution in [0.4, 0.5) is 5.69 Å². The second-order valence-electron chi connectivity index (χ2n) is 3.99. The fourth-order valence-corrected chi connectivity index (χ4v) is 1.91. The van der Waals surface area contributed by atoms with Crippen molar-refractivity contribution in [2.24, 2.45) is 0 Å². The highest BCUT2D eigenvalue weighted by Gasteiger charge is 2.29. The summed E-state index contributed by atoms with van der Waals surface area (Å²) in [5.41, 5.74) is 2.35. The van der Waals surface area contributed by atoms with Gasteiger partial charge < -0.3 is 10.0 Å². The molecule has 0 bridgehead atoms. The molecular formula is C12H13NO3. The predicted octanol–water partition coefficient (Wildman–Crippen LogP) is 0.793. The van der Waals surface area contributed by atoms with Gasteiger partial charge in [-0.2, -0.15) is 0 Å². The number of rotatable bonds is 2. The molecule has 1 fully saturated rings. The van der Waals surface area contributed by atoms with Crippen molar-refractivity contribution < 1.29 is 14.7 Å². The third-order valence-corrected chi connectivity index (χ3v) is 2.68. The highest BCUT2D eigenvalue weighted by molar-refractivity contribution is 6.15. The number of Topliss-reactive ketones (excluding diaryl/α,β-unsaturated/α-hetero) is 1. The molecule has 0 saturated carbocycles. The molecule has 1 amide bonds. The Bertz CT molecular complexity index is 454. The number of aliphatic hydroxyl groups excluding tert-OH is 1. The monoisotopic (exact) mass is 219 g/mol. The van der Waals surface area contributed by atoms with Gasteiger partial charge in [0.15, 0.2) is 5.78 Å². The number of amides is 1. The van der Waals surface area contributed by atoms with Gasteiger partial charge >= 0.3 is 0 Å². The molecule has 1 aliphatic heterocycles. The fourth-order valence-electron chi connectivity index (χ4n) is 1.91. The molecule has 1 N–H and O–H groups in total. The Hall–Kier alpha value is -1.68. The van der Waals surface area contributed by atoms with Crippen LogP contribution in [0.3, 0.4) is 0 Å². The summed E-state index contributed by atoms with van der Waals surface area (Å²) >= 11 is 0. The minimum absolute atomic E-state index is 0.0290. The van der Waals surface area contributed by atoms with Gasteiger partial charge in [-0.05, 0) is 13.0 Å². The summed E-state index contributed by atoms with van der Waals surface area (Å²) < 4.78 is 0. The van der Waals surface area contributed by atoms with E-state index in [2.05, 4.69) is 0 Å². The van der Waals surface area contributed by atoms with Gasteiger partial charge in [0.25, 0.3) is 0 Å². The normalized spacial score (nSPS) is 16.0. The lowest BCUT2D eigenvalue weighted by Crippen LogP contribution is -2.25. The average molecular weight is 219 g/mol. The van der Waals surface area contributed by atoms with Crippen LogP contribution < -0.4 is 4.90 Å². The van der Waals surface area contributed by atoms with Crippen LogP contribution in [0.15, 0.2) is 18.2 Å². The van der Waals surface area contributed by atoms with E-state index in [4.69, 9.17) is 0 Å². The van der Waals surface area contributed by atoms with Gasteiger partial charge in [0.2, 0.25) is 5.91 Å². The number of hydrogen-bond donors (Lipinski definition) is 1. The molecule has 0 spiro atoms. The number of carbonyl (C=O) groups is 2. The molecule has 1 aliphatic rings. The first kappa shape index (κ1) is 10.8. The van der Waals surface area contributed by atoms with Gasteiger partial charge in [-0.1, -0.05) is 17.7 Å². The molecule has 1 saturated heterocycles. The summed E-state index contributed by atoms with van der Waals surface area (Å²) in [6.45, 7) is 1.91. The van der Waals surface area contributed by atoms with E-state index in [1.807, 2.05) is 19.1 Å². The Morgan fingerprint density at radius 1 is 1.38 bits per heavy atom. The van der Waals surface area contributed by atoms with Crippen LogP contribution >= 0.6 is 0 Å². The molecule has 0 aliphatic carbocycles. The first-order valence-electron chi connectivity index (χ1n) is 5.14. The first-order chi connectivity index (χ1) is 7.61. The van der Waals surface area contributed by atoms with Gasteiger partial charge in [0.05, 0.1) is 19.6 Å². The SMILES string of the molecule is Cc1ccc(N2CC(=O)CC2=O)c(CO)c1. The highest BCUT2D eigenvalue weighted by Crippen LogP contribution is 2.25. The van der Waals surface area contributed by atoms with Crippen molar-refractivity contribution in [1.82, 2.24) is 0 Å². The molecule has 0 radical (unpaired) electrons. The van der Waals surface area contributed by atoms with E-state index < -0.39 is 0 Å². The molecular weight excluding hydrogens is 206 g/mol. The number of aliphatic hydroxyl groups is 1. The second-order valence-corrected chi connectivity index (χ2v) is 3.99. The van der Waals surface area contributed by atoms with Crippen LogP contribution in [0.25, 0.3) is 0 Å². The van der Waals surface area contributed by atoms with E-state index in [0.29, 0.717) is 11.3 Å². The van der Waals surface area contributed by atoms with Gasteiger partial charge in [0.1, 0.15) is 0 Å². The Balaban J connectivity index is 2.40. The number of ketones is 1. The summed E-state index contributed by atoms with van der Waals surface area (Å²) in [6.07, 6.45) is -0.0290. The number of anilines is 1. The third-order valence-electron chi connectivity index (χ3n) is 2.68. The molecule has 16 heavy (non-hydrogen) atoms. The standard InChI is InChI=1S/C12H13NO3/c1-8-2-3-11(9(4-8)7-14)13-6-10(15)5-12(13)16/h2-4,14H,5-7H2,1H3.